The van der Waals surface area contributed by atoms with Crippen LogP contribution in [0.5, 0.6) is 0 Å². The second-order valence-corrected chi connectivity index (χ2v) is 6.30. The highest BCUT2D eigenvalue weighted by molar-refractivity contribution is 5.69. The highest BCUT2D eigenvalue weighted by atomic mass is 16.5. The zero-order valence-electron chi connectivity index (χ0n) is 14.5. The standard InChI is InChI=1S/C19H25N3O2/c1-3-24-19(23)10-12-22-18-9-11-21(2)14-16(18)17(20-22)13-15-7-5-4-6-8-15/h4-8H,3,9-14H2,1-2H3. The highest BCUT2D eigenvalue weighted by Crippen LogP contribution is 2.24. The molecule has 24 heavy (non-hydrogen) atoms. The lowest BCUT2D eigenvalue weighted by Gasteiger charge is -2.23. The van der Waals surface area contributed by atoms with E-state index in [0.29, 0.717) is 19.6 Å². The molecule has 1 aliphatic rings. The Morgan fingerprint density at radius 1 is 1.29 bits per heavy atom. The van der Waals surface area contributed by atoms with E-state index in [2.05, 4.69) is 36.2 Å². The molecule has 1 aromatic carbocycles. The molecule has 0 amide bonds. The first kappa shape index (κ1) is 16.7. The quantitative estimate of drug-likeness (QED) is 0.765. The number of benzene rings is 1. The number of carbonyl (C=O) groups is 1. The summed E-state index contributed by atoms with van der Waals surface area (Å²) >= 11 is 0. The van der Waals surface area contributed by atoms with Gasteiger partial charge in [-0.1, -0.05) is 30.3 Å². The second kappa shape index (κ2) is 7.62. The minimum absolute atomic E-state index is 0.153. The molecule has 0 fully saturated rings. The largest absolute Gasteiger partial charge is 0.466 e. The molecular weight excluding hydrogens is 302 g/mol. The number of fused-ring (bicyclic) bond motifs is 1. The van der Waals surface area contributed by atoms with E-state index < -0.39 is 0 Å². The molecule has 1 aliphatic heterocycles. The molecule has 0 atom stereocenters. The van der Waals surface area contributed by atoms with Crippen LogP contribution in [0.1, 0.15) is 35.9 Å². The van der Waals surface area contributed by atoms with E-state index in [1.807, 2.05) is 17.7 Å². The predicted molar refractivity (Wildman–Crippen MR) is 92.8 cm³/mol. The van der Waals surface area contributed by atoms with Gasteiger partial charge in [0.05, 0.1) is 25.3 Å². The van der Waals surface area contributed by atoms with Gasteiger partial charge in [0, 0.05) is 37.2 Å². The molecule has 1 aromatic heterocycles. The Hall–Kier alpha value is -2.14. The summed E-state index contributed by atoms with van der Waals surface area (Å²) in [5, 5.41) is 4.84. The third-order valence-corrected chi connectivity index (χ3v) is 4.46. The normalized spacial score (nSPS) is 14.4. The molecule has 0 spiro atoms. The lowest BCUT2D eigenvalue weighted by atomic mass is 10.0. The van der Waals surface area contributed by atoms with Crippen molar-refractivity contribution < 1.29 is 9.53 Å². The number of rotatable bonds is 6. The molecule has 3 rings (SSSR count). The van der Waals surface area contributed by atoms with Gasteiger partial charge >= 0.3 is 5.97 Å². The van der Waals surface area contributed by atoms with Gasteiger partial charge in [0.25, 0.3) is 0 Å². The van der Waals surface area contributed by atoms with Gasteiger partial charge in [-0.2, -0.15) is 5.10 Å². The predicted octanol–water partition coefficient (Wildman–Crippen LogP) is 2.42. The SMILES string of the molecule is CCOC(=O)CCn1nc(Cc2ccccc2)c2c1CCN(C)C2. The molecule has 2 heterocycles. The summed E-state index contributed by atoms with van der Waals surface area (Å²) in [7, 11) is 2.14. The van der Waals surface area contributed by atoms with Crippen molar-refractivity contribution in [2.45, 2.75) is 39.3 Å². The van der Waals surface area contributed by atoms with Gasteiger partial charge in [-0.15, -0.1) is 0 Å². The van der Waals surface area contributed by atoms with Gasteiger partial charge in [0.2, 0.25) is 0 Å². The zero-order chi connectivity index (χ0) is 16.9. The lowest BCUT2D eigenvalue weighted by Crippen LogP contribution is -2.28. The zero-order valence-corrected chi connectivity index (χ0v) is 14.5. The highest BCUT2D eigenvalue weighted by Gasteiger charge is 2.23. The molecule has 0 N–H and O–H groups in total. The van der Waals surface area contributed by atoms with Crippen LogP contribution in [-0.4, -0.2) is 40.8 Å². The molecule has 0 aliphatic carbocycles. The Morgan fingerprint density at radius 2 is 2.08 bits per heavy atom. The number of hydrogen-bond donors (Lipinski definition) is 0. The van der Waals surface area contributed by atoms with Crippen LogP contribution in [-0.2, 0) is 35.5 Å². The Labute approximate surface area is 143 Å². The maximum absolute atomic E-state index is 11.7. The average molecular weight is 327 g/mol. The molecular formula is C19H25N3O2. The maximum atomic E-state index is 11.7. The lowest BCUT2D eigenvalue weighted by molar-refractivity contribution is -0.143. The first-order valence-corrected chi connectivity index (χ1v) is 8.63. The summed E-state index contributed by atoms with van der Waals surface area (Å²) in [6.45, 7) is 4.82. The third kappa shape index (κ3) is 3.85. The molecule has 0 bridgehead atoms. The van der Waals surface area contributed by atoms with Gasteiger partial charge in [-0.3, -0.25) is 9.48 Å². The molecule has 0 radical (unpaired) electrons. The van der Waals surface area contributed by atoms with Gasteiger partial charge in [0.15, 0.2) is 0 Å². The summed E-state index contributed by atoms with van der Waals surface area (Å²) < 4.78 is 7.06. The summed E-state index contributed by atoms with van der Waals surface area (Å²) in [5.74, 6) is -0.153. The average Bonchev–Trinajstić information content (AvgIpc) is 2.91. The summed E-state index contributed by atoms with van der Waals surface area (Å²) in [4.78, 5) is 14.0. The van der Waals surface area contributed by atoms with Crippen molar-refractivity contribution in [2.24, 2.45) is 0 Å². The van der Waals surface area contributed by atoms with E-state index >= 15 is 0 Å². The first-order chi connectivity index (χ1) is 11.7. The van der Waals surface area contributed by atoms with E-state index in [9.17, 15) is 4.79 Å². The van der Waals surface area contributed by atoms with Crippen molar-refractivity contribution in [3.05, 3.63) is 52.8 Å². The minimum Gasteiger partial charge on any atom is -0.466 e. The first-order valence-electron chi connectivity index (χ1n) is 8.63. The van der Waals surface area contributed by atoms with Gasteiger partial charge in [-0.05, 0) is 19.5 Å². The molecule has 0 unspecified atom stereocenters. The summed E-state index contributed by atoms with van der Waals surface area (Å²) in [5.41, 5.74) is 5.01. The fourth-order valence-corrected chi connectivity index (χ4v) is 3.24. The number of carbonyl (C=O) groups excluding carboxylic acids is 1. The second-order valence-electron chi connectivity index (χ2n) is 6.30. The Balaban J connectivity index is 1.82. The Bertz CT molecular complexity index is 694. The Morgan fingerprint density at radius 3 is 2.83 bits per heavy atom. The van der Waals surface area contributed by atoms with Crippen molar-refractivity contribution in [2.75, 3.05) is 20.2 Å². The fraction of sp³-hybridized carbons (Fsp3) is 0.474. The van der Waals surface area contributed by atoms with Crippen LogP contribution in [0.4, 0.5) is 0 Å². The summed E-state index contributed by atoms with van der Waals surface area (Å²) in [6, 6.07) is 10.4. The van der Waals surface area contributed by atoms with E-state index in [-0.39, 0.29) is 5.97 Å². The number of aryl methyl sites for hydroxylation is 1. The monoisotopic (exact) mass is 327 g/mol. The van der Waals surface area contributed by atoms with E-state index in [0.717, 1.165) is 31.6 Å². The number of aromatic nitrogens is 2. The van der Waals surface area contributed by atoms with Crippen LogP contribution in [0.2, 0.25) is 0 Å². The smallest absolute Gasteiger partial charge is 0.307 e. The molecule has 5 nitrogen and oxygen atoms in total. The van der Waals surface area contributed by atoms with Crippen LogP contribution >= 0.6 is 0 Å². The number of likely N-dealkylation sites (N-methyl/N-ethyl adjacent to an activating group) is 1. The summed E-state index contributed by atoms with van der Waals surface area (Å²) in [6.07, 6.45) is 2.20. The topological polar surface area (TPSA) is 47.4 Å². The van der Waals surface area contributed by atoms with Crippen LogP contribution in [0.15, 0.2) is 30.3 Å². The van der Waals surface area contributed by atoms with Crippen molar-refractivity contribution in [3.8, 4) is 0 Å². The fourth-order valence-electron chi connectivity index (χ4n) is 3.24. The van der Waals surface area contributed by atoms with Gasteiger partial charge in [0.1, 0.15) is 0 Å². The number of hydrogen-bond acceptors (Lipinski definition) is 4. The van der Waals surface area contributed by atoms with E-state index in [1.165, 1.54) is 16.8 Å². The van der Waals surface area contributed by atoms with Gasteiger partial charge < -0.3 is 9.64 Å². The number of esters is 1. The van der Waals surface area contributed by atoms with E-state index in [4.69, 9.17) is 9.84 Å². The minimum atomic E-state index is -0.153. The van der Waals surface area contributed by atoms with Crippen LogP contribution in [0.3, 0.4) is 0 Å². The molecule has 2 aromatic rings. The van der Waals surface area contributed by atoms with Crippen molar-refractivity contribution >= 4 is 5.97 Å². The van der Waals surface area contributed by atoms with Crippen molar-refractivity contribution in [3.63, 3.8) is 0 Å². The van der Waals surface area contributed by atoms with E-state index in [1.54, 1.807) is 0 Å². The van der Waals surface area contributed by atoms with Crippen molar-refractivity contribution in [1.82, 2.24) is 14.7 Å². The van der Waals surface area contributed by atoms with Crippen LogP contribution < -0.4 is 0 Å². The molecule has 0 saturated heterocycles. The Kier molecular flexibility index (Phi) is 5.30. The number of ether oxygens (including phenoxy) is 1. The van der Waals surface area contributed by atoms with Gasteiger partial charge in [-0.25, -0.2) is 0 Å². The van der Waals surface area contributed by atoms with Crippen LogP contribution in [0.25, 0.3) is 0 Å². The molecule has 5 heteroatoms. The molecule has 0 saturated carbocycles. The van der Waals surface area contributed by atoms with Crippen LogP contribution in [0, 0.1) is 0 Å². The number of nitrogens with zero attached hydrogens (tertiary/aromatic N) is 3. The maximum Gasteiger partial charge on any atom is 0.307 e. The molecule has 128 valence electrons. The third-order valence-electron chi connectivity index (χ3n) is 4.46. The van der Waals surface area contributed by atoms with Crippen molar-refractivity contribution in [1.29, 1.82) is 0 Å².